The molecule has 3 aromatic carbocycles. The fraction of sp³-hybridized carbons (Fsp3) is 0.160. The van der Waals surface area contributed by atoms with E-state index in [4.69, 9.17) is 9.47 Å². The van der Waals surface area contributed by atoms with E-state index in [2.05, 4.69) is 0 Å². The van der Waals surface area contributed by atoms with Crippen molar-refractivity contribution in [1.29, 1.82) is 0 Å². The number of esters is 1. The molecular formula is C25H17NO7. The number of fused-ring (bicyclic) bond motifs is 3. The highest BCUT2D eigenvalue weighted by Gasteiger charge is 2.43. The van der Waals surface area contributed by atoms with Gasteiger partial charge in [0, 0.05) is 23.3 Å². The number of hydrogen-bond acceptors (Lipinski definition) is 7. The summed E-state index contributed by atoms with van der Waals surface area (Å²) in [5.74, 6) is -2.26. The van der Waals surface area contributed by atoms with Gasteiger partial charge in [0.15, 0.2) is 11.6 Å². The number of ketones is 2. The molecule has 0 saturated carbocycles. The van der Waals surface area contributed by atoms with Crippen LogP contribution in [0.3, 0.4) is 0 Å². The van der Waals surface area contributed by atoms with Gasteiger partial charge in [-0.3, -0.25) is 24.5 Å². The molecule has 0 saturated heterocycles. The molecule has 1 heterocycles. The van der Waals surface area contributed by atoms with Gasteiger partial charge in [0.25, 0.3) is 11.6 Å². The van der Waals surface area contributed by atoms with Crippen molar-refractivity contribution < 1.29 is 28.8 Å². The number of Topliss-reactive ketones (excluding diaryl/α,β-unsaturated/α-hetero) is 2. The van der Waals surface area contributed by atoms with Crippen molar-refractivity contribution in [2.75, 3.05) is 6.61 Å². The Labute approximate surface area is 187 Å². The Bertz CT molecular complexity index is 1370. The number of non-ortho nitro benzene ring substituents is 1. The summed E-state index contributed by atoms with van der Waals surface area (Å²) in [5.41, 5.74) is 1.11. The number of nitrogens with zero attached hydrogens (tertiary/aromatic N) is 1. The van der Waals surface area contributed by atoms with Crippen LogP contribution in [0.5, 0.6) is 0 Å². The third-order valence-corrected chi connectivity index (χ3v) is 5.87. The van der Waals surface area contributed by atoms with E-state index in [-0.39, 0.29) is 41.6 Å². The maximum absolute atomic E-state index is 13.3. The number of allylic oxidation sites excluding steroid dienone is 1. The van der Waals surface area contributed by atoms with E-state index in [0.717, 1.165) is 10.8 Å². The molecule has 1 atom stereocenters. The molecule has 0 fully saturated rings. The lowest BCUT2D eigenvalue weighted by Gasteiger charge is -2.30. The summed E-state index contributed by atoms with van der Waals surface area (Å²) in [5, 5.41) is 12.5. The number of carbonyl (C=O) groups is 3. The number of hydrogen-bond donors (Lipinski definition) is 0. The molecule has 0 aromatic heterocycles. The van der Waals surface area contributed by atoms with E-state index < -0.39 is 22.6 Å². The molecule has 3 aromatic rings. The van der Waals surface area contributed by atoms with Gasteiger partial charge in [-0.25, -0.2) is 0 Å². The minimum absolute atomic E-state index is 0.0612. The van der Waals surface area contributed by atoms with Gasteiger partial charge in [-0.05, 0) is 34.9 Å². The Hall–Kier alpha value is -4.33. The molecule has 0 amide bonds. The zero-order chi connectivity index (χ0) is 23.1. The number of carbonyl (C=O) groups excluding carboxylic acids is 3. The van der Waals surface area contributed by atoms with Crippen molar-refractivity contribution in [3.8, 4) is 0 Å². The minimum Gasteiger partial charge on any atom is -0.465 e. The van der Waals surface area contributed by atoms with Crippen molar-refractivity contribution in [1.82, 2.24) is 0 Å². The second-order valence-electron chi connectivity index (χ2n) is 7.90. The van der Waals surface area contributed by atoms with Gasteiger partial charge in [0.2, 0.25) is 0 Å². The van der Waals surface area contributed by atoms with Crippen LogP contribution >= 0.6 is 0 Å². The Morgan fingerprint density at radius 3 is 2.36 bits per heavy atom. The van der Waals surface area contributed by atoms with Crippen LogP contribution in [0.25, 0.3) is 10.8 Å². The number of nitro groups is 1. The van der Waals surface area contributed by atoms with Gasteiger partial charge >= 0.3 is 5.97 Å². The second kappa shape index (κ2) is 7.98. The first-order valence-corrected chi connectivity index (χ1v) is 10.3. The van der Waals surface area contributed by atoms with E-state index in [0.29, 0.717) is 17.5 Å². The molecule has 1 aliphatic carbocycles. The van der Waals surface area contributed by atoms with Crippen LogP contribution in [0.1, 0.15) is 32.7 Å². The summed E-state index contributed by atoms with van der Waals surface area (Å²) in [6.07, 6.45) is 0.141. The van der Waals surface area contributed by atoms with Crippen molar-refractivity contribution in [2.24, 2.45) is 5.92 Å². The minimum atomic E-state index is -0.734. The molecule has 1 aliphatic heterocycles. The average Bonchev–Trinajstić information content (AvgIpc) is 2.82. The van der Waals surface area contributed by atoms with Crippen molar-refractivity contribution in [3.05, 3.63) is 99.0 Å². The van der Waals surface area contributed by atoms with E-state index in [1.165, 1.54) is 24.3 Å². The van der Waals surface area contributed by atoms with Crippen LogP contribution in [0.4, 0.5) is 5.69 Å². The molecule has 1 unspecified atom stereocenters. The maximum atomic E-state index is 13.3. The van der Waals surface area contributed by atoms with E-state index in [9.17, 15) is 24.5 Å². The Kier molecular flexibility index (Phi) is 4.97. The topological polar surface area (TPSA) is 113 Å². The summed E-state index contributed by atoms with van der Waals surface area (Å²) in [6, 6.07) is 16.4. The molecule has 164 valence electrons. The molecular weight excluding hydrogens is 426 g/mol. The van der Waals surface area contributed by atoms with Gasteiger partial charge in [0.1, 0.15) is 0 Å². The fourth-order valence-electron chi connectivity index (χ4n) is 4.24. The van der Waals surface area contributed by atoms with E-state index in [1.54, 1.807) is 12.1 Å². The summed E-state index contributed by atoms with van der Waals surface area (Å²) < 4.78 is 10.9. The number of nitro benzene ring substituents is 1. The zero-order valence-electron chi connectivity index (χ0n) is 17.3. The lowest BCUT2D eigenvalue weighted by molar-refractivity contribution is -0.384. The Morgan fingerprint density at radius 2 is 1.70 bits per heavy atom. The zero-order valence-corrected chi connectivity index (χ0v) is 17.3. The first-order chi connectivity index (χ1) is 15.9. The Morgan fingerprint density at radius 1 is 1.03 bits per heavy atom. The van der Waals surface area contributed by atoms with Crippen molar-refractivity contribution in [2.45, 2.75) is 12.8 Å². The number of rotatable bonds is 4. The molecule has 0 radical (unpaired) electrons. The molecule has 0 bridgehead atoms. The summed E-state index contributed by atoms with van der Waals surface area (Å²) in [6.45, 7) is 0.135. The van der Waals surface area contributed by atoms with Crippen LogP contribution in [0.15, 0.2) is 72.2 Å². The first-order valence-electron chi connectivity index (χ1n) is 10.3. The van der Waals surface area contributed by atoms with Crippen LogP contribution in [0, 0.1) is 16.0 Å². The molecule has 2 aliphatic rings. The highest BCUT2D eigenvalue weighted by molar-refractivity contribution is 6.25. The molecule has 5 rings (SSSR count). The monoisotopic (exact) mass is 443 g/mol. The van der Waals surface area contributed by atoms with Crippen LogP contribution in [0.2, 0.25) is 0 Å². The average molecular weight is 443 g/mol. The van der Waals surface area contributed by atoms with Crippen LogP contribution in [-0.4, -0.2) is 29.1 Å². The predicted molar refractivity (Wildman–Crippen MR) is 117 cm³/mol. The second-order valence-corrected chi connectivity index (χ2v) is 7.90. The van der Waals surface area contributed by atoms with Crippen LogP contribution in [-0.2, 0) is 20.7 Å². The third kappa shape index (κ3) is 3.65. The standard InChI is InChI=1S/C25H17NO7/c27-21(11-14-5-7-17(8-6-14)26(30)31)33-25-22-18(9-10-32-25)23(28)19-12-15-3-1-2-4-16(15)13-20(19)24(22)29/h1-8,12-13,18H,9-11H2. The van der Waals surface area contributed by atoms with Gasteiger partial charge in [-0.2, -0.15) is 0 Å². The maximum Gasteiger partial charge on any atom is 0.318 e. The predicted octanol–water partition coefficient (Wildman–Crippen LogP) is 4.16. The lowest BCUT2D eigenvalue weighted by Crippen LogP contribution is -2.35. The first kappa shape index (κ1) is 20.6. The van der Waals surface area contributed by atoms with Crippen molar-refractivity contribution >= 4 is 34.0 Å². The highest BCUT2D eigenvalue weighted by atomic mass is 16.7. The summed E-state index contributed by atoms with van der Waals surface area (Å²) >= 11 is 0. The third-order valence-electron chi connectivity index (χ3n) is 5.87. The van der Waals surface area contributed by atoms with E-state index >= 15 is 0 Å². The van der Waals surface area contributed by atoms with Crippen molar-refractivity contribution in [3.63, 3.8) is 0 Å². The molecule has 8 heteroatoms. The SMILES string of the molecule is O=C(Cc1ccc([N+](=O)[O-])cc1)OC1=C2C(=O)c3cc4ccccc4cc3C(=O)C2CCO1. The van der Waals surface area contributed by atoms with E-state index in [1.807, 2.05) is 24.3 Å². The van der Waals surface area contributed by atoms with Gasteiger partial charge in [-0.1, -0.05) is 36.4 Å². The number of benzene rings is 3. The summed E-state index contributed by atoms with van der Waals surface area (Å²) in [7, 11) is 0. The van der Waals surface area contributed by atoms with Gasteiger partial charge in [-0.15, -0.1) is 0 Å². The molecule has 8 nitrogen and oxygen atoms in total. The Balaban J connectivity index is 1.46. The molecule has 33 heavy (non-hydrogen) atoms. The largest absolute Gasteiger partial charge is 0.465 e. The smallest absolute Gasteiger partial charge is 0.318 e. The summed E-state index contributed by atoms with van der Waals surface area (Å²) in [4.78, 5) is 49.3. The molecule has 0 spiro atoms. The molecule has 0 N–H and O–H groups in total. The lowest BCUT2D eigenvalue weighted by atomic mass is 9.75. The van der Waals surface area contributed by atoms with Gasteiger partial charge < -0.3 is 9.47 Å². The normalized spacial score (nSPS) is 17.3. The quantitative estimate of drug-likeness (QED) is 0.338. The number of ether oxygens (including phenoxy) is 2. The fourth-order valence-corrected chi connectivity index (χ4v) is 4.24. The van der Waals surface area contributed by atoms with Gasteiger partial charge in [0.05, 0.1) is 29.4 Å². The highest BCUT2D eigenvalue weighted by Crippen LogP contribution is 2.38. The van der Waals surface area contributed by atoms with Crippen LogP contribution < -0.4 is 0 Å².